The van der Waals surface area contributed by atoms with Crippen LogP contribution in [0.25, 0.3) is 0 Å². The summed E-state index contributed by atoms with van der Waals surface area (Å²) in [5.41, 5.74) is 0. The Hall–Kier alpha value is -0.570. The van der Waals surface area contributed by atoms with E-state index in [2.05, 4.69) is 24.1 Å². The number of hydrogen-bond donors (Lipinski definition) is 1. The Morgan fingerprint density at radius 2 is 2.24 bits per heavy atom. The van der Waals surface area contributed by atoms with Gasteiger partial charge in [-0.05, 0) is 37.6 Å². The summed E-state index contributed by atoms with van der Waals surface area (Å²) in [7, 11) is 0. The molecule has 3 unspecified atom stereocenters. The van der Waals surface area contributed by atoms with Crippen LogP contribution in [0.2, 0.25) is 0 Å². The molecule has 0 aromatic rings. The van der Waals surface area contributed by atoms with Crippen molar-refractivity contribution < 1.29 is 4.79 Å². The first-order chi connectivity index (χ1) is 8.20. The third-order valence-corrected chi connectivity index (χ3v) is 4.33. The monoisotopic (exact) mass is 238 g/mol. The molecule has 0 radical (unpaired) electrons. The molecule has 2 rings (SSSR count). The maximum Gasteiger partial charge on any atom is 0.226 e. The molecule has 1 N–H and O–H groups in total. The van der Waals surface area contributed by atoms with Crippen LogP contribution in [0.3, 0.4) is 0 Å². The van der Waals surface area contributed by atoms with Crippen molar-refractivity contribution in [3.63, 3.8) is 0 Å². The Labute approximate surface area is 105 Å². The van der Waals surface area contributed by atoms with Gasteiger partial charge in [-0.25, -0.2) is 0 Å². The van der Waals surface area contributed by atoms with Crippen LogP contribution < -0.4 is 5.32 Å². The first kappa shape index (κ1) is 12.9. The number of hydrogen-bond acceptors (Lipinski definition) is 2. The molecule has 2 aliphatic rings. The molecule has 98 valence electrons. The van der Waals surface area contributed by atoms with E-state index in [9.17, 15) is 4.79 Å². The Bertz CT molecular complexity index is 267. The molecule has 0 aromatic heterocycles. The number of likely N-dealkylation sites (tertiary alicyclic amines) is 1. The summed E-state index contributed by atoms with van der Waals surface area (Å²) >= 11 is 0. The number of rotatable bonds is 2. The van der Waals surface area contributed by atoms with Crippen molar-refractivity contribution in [3.8, 4) is 0 Å². The fourth-order valence-electron chi connectivity index (χ4n) is 3.20. The summed E-state index contributed by atoms with van der Waals surface area (Å²) in [6, 6.07) is 0. The minimum absolute atomic E-state index is 0.231. The number of carbonyl (C=O) groups is 1. The zero-order valence-corrected chi connectivity index (χ0v) is 11.2. The van der Waals surface area contributed by atoms with Crippen LogP contribution in [-0.2, 0) is 4.79 Å². The third kappa shape index (κ3) is 3.21. The first-order valence-electron chi connectivity index (χ1n) is 7.20. The van der Waals surface area contributed by atoms with Crippen LogP contribution in [0.15, 0.2) is 0 Å². The lowest BCUT2D eigenvalue weighted by Crippen LogP contribution is -2.48. The molecule has 0 aliphatic carbocycles. The molecule has 0 aromatic carbocycles. The number of amides is 1. The smallest absolute Gasteiger partial charge is 0.226 e. The molecule has 2 saturated heterocycles. The summed E-state index contributed by atoms with van der Waals surface area (Å²) in [5.74, 6) is 2.02. The van der Waals surface area contributed by atoms with Gasteiger partial charge in [0.15, 0.2) is 0 Å². The molecule has 3 heteroatoms. The Kier molecular flexibility index (Phi) is 4.43. The Morgan fingerprint density at radius 1 is 1.41 bits per heavy atom. The van der Waals surface area contributed by atoms with Crippen molar-refractivity contribution in [2.45, 2.75) is 39.5 Å². The van der Waals surface area contributed by atoms with Crippen LogP contribution in [0.5, 0.6) is 0 Å². The fraction of sp³-hybridized carbons (Fsp3) is 0.929. The number of piperidine rings is 2. The van der Waals surface area contributed by atoms with E-state index in [4.69, 9.17) is 0 Å². The van der Waals surface area contributed by atoms with Gasteiger partial charge in [-0.3, -0.25) is 4.79 Å². The van der Waals surface area contributed by atoms with Gasteiger partial charge in [-0.2, -0.15) is 0 Å². The fourth-order valence-corrected chi connectivity index (χ4v) is 3.20. The second-order valence-corrected chi connectivity index (χ2v) is 5.90. The molecular formula is C14H26N2O. The van der Waals surface area contributed by atoms with Crippen molar-refractivity contribution in [1.82, 2.24) is 10.2 Å². The third-order valence-electron chi connectivity index (χ3n) is 4.33. The van der Waals surface area contributed by atoms with Crippen LogP contribution in [0, 0.1) is 17.8 Å². The minimum atomic E-state index is 0.231. The maximum absolute atomic E-state index is 12.4. The zero-order chi connectivity index (χ0) is 12.3. The van der Waals surface area contributed by atoms with Gasteiger partial charge >= 0.3 is 0 Å². The Balaban J connectivity index is 1.89. The molecule has 2 fully saturated rings. The van der Waals surface area contributed by atoms with Crippen molar-refractivity contribution in [2.24, 2.45) is 17.8 Å². The second-order valence-electron chi connectivity index (χ2n) is 5.90. The van der Waals surface area contributed by atoms with Crippen LogP contribution in [0.4, 0.5) is 0 Å². The largest absolute Gasteiger partial charge is 0.342 e. The molecular weight excluding hydrogens is 212 g/mol. The van der Waals surface area contributed by atoms with Gasteiger partial charge in [0.05, 0.1) is 5.92 Å². The second kappa shape index (κ2) is 5.85. The van der Waals surface area contributed by atoms with Gasteiger partial charge in [0, 0.05) is 19.6 Å². The van der Waals surface area contributed by atoms with Crippen LogP contribution in [-0.4, -0.2) is 37.0 Å². The van der Waals surface area contributed by atoms with E-state index in [1.165, 1.54) is 19.3 Å². The van der Waals surface area contributed by atoms with Gasteiger partial charge < -0.3 is 10.2 Å². The van der Waals surface area contributed by atoms with E-state index in [0.29, 0.717) is 11.8 Å². The molecule has 0 spiro atoms. The highest BCUT2D eigenvalue weighted by Crippen LogP contribution is 2.23. The van der Waals surface area contributed by atoms with E-state index in [0.717, 1.165) is 38.5 Å². The predicted octanol–water partition coefficient (Wildman–Crippen LogP) is 1.88. The standard InChI is InChI=1S/C14H26N2O/c1-3-12-5-4-6-16(10-12)14(17)13-7-11(2)8-15-9-13/h11-13,15H,3-10H2,1-2H3. The number of carbonyl (C=O) groups excluding carboxylic acids is 1. The summed E-state index contributed by atoms with van der Waals surface area (Å²) in [5, 5.41) is 3.38. The van der Waals surface area contributed by atoms with Gasteiger partial charge in [0.1, 0.15) is 0 Å². The van der Waals surface area contributed by atoms with Crippen molar-refractivity contribution >= 4 is 5.91 Å². The topological polar surface area (TPSA) is 32.3 Å². The normalized spacial score (nSPS) is 34.7. The highest BCUT2D eigenvalue weighted by atomic mass is 16.2. The summed E-state index contributed by atoms with van der Waals surface area (Å²) in [6.07, 6.45) is 4.78. The molecule has 0 saturated carbocycles. The van der Waals surface area contributed by atoms with Gasteiger partial charge in [0.2, 0.25) is 5.91 Å². The van der Waals surface area contributed by atoms with Crippen LogP contribution >= 0.6 is 0 Å². The molecule has 3 nitrogen and oxygen atoms in total. The average molecular weight is 238 g/mol. The summed E-state index contributed by atoms with van der Waals surface area (Å²) in [4.78, 5) is 14.6. The molecule has 2 heterocycles. The van der Waals surface area contributed by atoms with E-state index >= 15 is 0 Å². The average Bonchev–Trinajstić information content (AvgIpc) is 2.38. The van der Waals surface area contributed by atoms with Gasteiger partial charge in [-0.1, -0.05) is 20.3 Å². The molecule has 2 aliphatic heterocycles. The number of nitrogens with one attached hydrogen (secondary N) is 1. The van der Waals surface area contributed by atoms with Crippen molar-refractivity contribution in [2.75, 3.05) is 26.2 Å². The first-order valence-corrected chi connectivity index (χ1v) is 7.20. The van der Waals surface area contributed by atoms with E-state index in [-0.39, 0.29) is 5.92 Å². The highest BCUT2D eigenvalue weighted by Gasteiger charge is 2.30. The molecule has 1 amide bonds. The highest BCUT2D eigenvalue weighted by molar-refractivity contribution is 5.79. The Morgan fingerprint density at radius 3 is 2.94 bits per heavy atom. The minimum Gasteiger partial charge on any atom is -0.342 e. The van der Waals surface area contributed by atoms with E-state index in [1.807, 2.05) is 0 Å². The SMILES string of the molecule is CCC1CCCN(C(=O)C2CNCC(C)C2)C1. The quantitative estimate of drug-likeness (QED) is 0.796. The lowest BCUT2D eigenvalue weighted by Gasteiger charge is -2.36. The van der Waals surface area contributed by atoms with Gasteiger partial charge in [0.25, 0.3) is 0 Å². The van der Waals surface area contributed by atoms with Crippen LogP contribution in [0.1, 0.15) is 39.5 Å². The lowest BCUT2D eigenvalue weighted by molar-refractivity contribution is -0.138. The molecule has 17 heavy (non-hydrogen) atoms. The number of nitrogens with zero attached hydrogens (tertiary/aromatic N) is 1. The maximum atomic E-state index is 12.4. The zero-order valence-electron chi connectivity index (χ0n) is 11.2. The molecule has 0 bridgehead atoms. The summed E-state index contributed by atoms with van der Waals surface area (Å²) in [6.45, 7) is 8.42. The van der Waals surface area contributed by atoms with E-state index < -0.39 is 0 Å². The van der Waals surface area contributed by atoms with Gasteiger partial charge in [-0.15, -0.1) is 0 Å². The van der Waals surface area contributed by atoms with E-state index in [1.54, 1.807) is 0 Å². The van der Waals surface area contributed by atoms with Crippen molar-refractivity contribution in [3.05, 3.63) is 0 Å². The lowest BCUT2D eigenvalue weighted by atomic mass is 9.89. The predicted molar refractivity (Wildman–Crippen MR) is 69.7 cm³/mol. The summed E-state index contributed by atoms with van der Waals surface area (Å²) < 4.78 is 0. The molecule has 3 atom stereocenters. The van der Waals surface area contributed by atoms with Crippen molar-refractivity contribution in [1.29, 1.82) is 0 Å².